The number of halogens is 1. The predicted molar refractivity (Wildman–Crippen MR) is 90.8 cm³/mol. The fourth-order valence-corrected chi connectivity index (χ4v) is 2.62. The Morgan fingerprint density at radius 3 is 2.52 bits per heavy atom. The molecular formula is C17H15ClN2O5. The highest BCUT2D eigenvalue weighted by Gasteiger charge is 2.26. The van der Waals surface area contributed by atoms with Gasteiger partial charge in [-0.1, -0.05) is 23.7 Å². The topological polar surface area (TPSA) is 81.9 Å². The molecular weight excluding hydrogens is 348 g/mol. The molecule has 0 bridgehead atoms. The summed E-state index contributed by atoms with van der Waals surface area (Å²) < 4.78 is 11.0. The van der Waals surface area contributed by atoms with Gasteiger partial charge in [0, 0.05) is 23.7 Å². The van der Waals surface area contributed by atoms with Crippen molar-refractivity contribution in [3.63, 3.8) is 0 Å². The van der Waals surface area contributed by atoms with Crippen LogP contribution in [0.5, 0.6) is 5.75 Å². The van der Waals surface area contributed by atoms with Crippen LogP contribution >= 0.6 is 11.6 Å². The van der Waals surface area contributed by atoms with E-state index in [0.29, 0.717) is 24.7 Å². The Balaban J connectivity index is 1.63. The van der Waals surface area contributed by atoms with Crippen molar-refractivity contribution < 1.29 is 19.2 Å². The van der Waals surface area contributed by atoms with Crippen molar-refractivity contribution >= 4 is 23.4 Å². The first-order chi connectivity index (χ1) is 12.0. The summed E-state index contributed by atoms with van der Waals surface area (Å²) in [6, 6.07) is 12.6. The Hall–Kier alpha value is -2.64. The van der Waals surface area contributed by atoms with Crippen LogP contribution in [-0.2, 0) is 4.74 Å². The number of carbonyl (C=O) groups is 1. The van der Waals surface area contributed by atoms with Gasteiger partial charge in [-0.05, 0) is 29.8 Å². The van der Waals surface area contributed by atoms with E-state index in [2.05, 4.69) is 0 Å². The molecule has 25 heavy (non-hydrogen) atoms. The number of nitro benzene ring substituents is 1. The van der Waals surface area contributed by atoms with Crippen molar-refractivity contribution in [2.75, 3.05) is 19.7 Å². The maximum atomic E-state index is 12.3. The lowest BCUT2D eigenvalue weighted by Crippen LogP contribution is -2.43. The van der Waals surface area contributed by atoms with Crippen molar-refractivity contribution in [2.45, 2.75) is 6.10 Å². The summed E-state index contributed by atoms with van der Waals surface area (Å²) in [5.41, 5.74) is 0.867. The molecule has 1 heterocycles. The minimum Gasteiger partial charge on any atom is -0.410 e. The largest absolute Gasteiger partial charge is 0.415 e. The Bertz CT molecular complexity index is 764. The van der Waals surface area contributed by atoms with E-state index in [1.165, 1.54) is 24.3 Å². The highest BCUT2D eigenvalue weighted by molar-refractivity contribution is 6.30. The van der Waals surface area contributed by atoms with Gasteiger partial charge >= 0.3 is 6.09 Å². The van der Waals surface area contributed by atoms with Crippen LogP contribution in [0.15, 0.2) is 48.5 Å². The molecule has 0 saturated carbocycles. The lowest BCUT2D eigenvalue weighted by molar-refractivity contribution is -0.384. The van der Waals surface area contributed by atoms with Crippen LogP contribution < -0.4 is 4.74 Å². The summed E-state index contributed by atoms with van der Waals surface area (Å²) >= 11 is 5.88. The minimum absolute atomic E-state index is 0.0611. The third-order valence-corrected chi connectivity index (χ3v) is 4.07. The molecule has 0 unspecified atom stereocenters. The molecule has 0 spiro atoms. The lowest BCUT2D eigenvalue weighted by Gasteiger charge is -2.32. The molecule has 2 aromatic rings. The quantitative estimate of drug-likeness (QED) is 0.612. The zero-order valence-electron chi connectivity index (χ0n) is 13.1. The normalized spacial score (nSPS) is 17.2. The van der Waals surface area contributed by atoms with Crippen LogP contribution in [0.3, 0.4) is 0 Å². The second kappa shape index (κ2) is 7.50. The van der Waals surface area contributed by atoms with Crippen molar-refractivity contribution in [3.05, 3.63) is 69.2 Å². The van der Waals surface area contributed by atoms with Gasteiger partial charge in [0.2, 0.25) is 0 Å². The molecule has 1 aliphatic rings. The number of morpholine rings is 1. The van der Waals surface area contributed by atoms with Crippen molar-refractivity contribution in [1.29, 1.82) is 0 Å². The first kappa shape index (κ1) is 17.2. The van der Waals surface area contributed by atoms with E-state index in [4.69, 9.17) is 21.1 Å². The fraction of sp³-hybridized carbons (Fsp3) is 0.235. The molecule has 1 fully saturated rings. The van der Waals surface area contributed by atoms with Gasteiger partial charge in [-0.25, -0.2) is 4.79 Å². The molecule has 1 atom stereocenters. The monoisotopic (exact) mass is 362 g/mol. The van der Waals surface area contributed by atoms with Crippen LogP contribution in [0.1, 0.15) is 11.7 Å². The third kappa shape index (κ3) is 4.26. The number of rotatable bonds is 3. The van der Waals surface area contributed by atoms with Crippen LogP contribution in [-0.4, -0.2) is 35.6 Å². The van der Waals surface area contributed by atoms with Crippen molar-refractivity contribution in [2.24, 2.45) is 0 Å². The summed E-state index contributed by atoms with van der Waals surface area (Å²) in [5.74, 6) is 0.255. The molecule has 130 valence electrons. The molecule has 1 amide bonds. The Kier molecular flexibility index (Phi) is 5.16. The van der Waals surface area contributed by atoms with Crippen LogP contribution in [0.4, 0.5) is 10.5 Å². The van der Waals surface area contributed by atoms with Gasteiger partial charge in [0.05, 0.1) is 18.1 Å². The van der Waals surface area contributed by atoms with Gasteiger partial charge in [0.15, 0.2) is 0 Å². The summed E-state index contributed by atoms with van der Waals surface area (Å²) in [4.78, 5) is 24.0. The number of non-ortho nitro benzene ring substituents is 1. The standard InChI is InChI=1S/C17H15ClN2O5/c18-13-3-1-12(2-4-13)16-11-19(9-10-24-16)17(21)25-15-7-5-14(6-8-15)20(22)23/h1-8,16H,9-11H2/t16-/m1/s1. The van der Waals surface area contributed by atoms with Crippen LogP contribution in [0.25, 0.3) is 0 Å². The summed E-state index contributed by atoms with van der Waals surface area (Å²) in [6.07, 6.45) is -0.772. The summed E-state index contributed by atoms with van der Waals surface area (Å²) in [7, 11) is 0. The van der Waals surface area contributed by atoms with Gasteiger partial charge in [0.25, 0.3) is 5.69 Å². The molecule has 8 heteroatoms. The second-order valence-electron chi connectivity index (χ2n) is 5.48. The van der Waals surface area contributed by atoms with Crippen LogP contribution in [0, 0.1) is 10.1 Å². The van der Waals surface area contributed by atoms with Gasteiger partial charge in [0.1, 0.15) is 11.9 Å². The first-order valence-corrected chi connectivity index (χ1v) is 7.99. The summed E-state index contributed by atoms with van der Waals surface area (Å²) in [6.45, 7) is 1.16. The number of hydrogen-bond donors (Lipinski definition) is 0. The van der Waals surface area contributed by atoms with E-state index in [1.54, 1.807) is 17.0 Å². The Morgan fingerprint density at radius 1 is 1.20 bits per heavy atom. The number of benzene rings is 2. The zero-order valence-corrected chi connectivity index (χ0v) is 13.9. The molecule has 0 aliphatic carbocycles. The van der Waals surface area contributed by atoms with E-state index >= 15 is 0 Å². The number of amides is 1. The maximum Gasteiger partial charge on any atom is 0.415 e. The Morgan fingerprint density at radius 2 is 1.88 bits per heavy atom. The van der Waals surface area contributed by atoms with E-state index in [1.807, 2.05) is 12.1 Å². The van der Waals surface area contributed by atoms with Gasteiger partial charge in [-0.3, -0.25) is 10.1 Å². The molecule has 2 aromatic carbocycles. The molecule has 0 aromatic heterocycles. The molecule has 3 rings (SSSR count). The average molecular weight is 363 g/mol. The van der Waals surface area contributed by atoms with Gasteiger partial charge in [-0.2, -0.15) is 0 Å². The fourth-order valence-electron chi connectivity index (χ4n) is 2.50. The second-order valence-corrected chi connectivity index (χ2v) is 5.91. The lowest BCUT2D eigenvalue weighted by atomic mass is 10.1. The SMILES string of the molecule is O=C(Oc1ccc([N+](=O)[O-])cc1)N1CCO[C@@H](c2ccc(Cl)cc2)C1. The number of ether oxygens (including phenoxy) is 2. The Labute approximate surface area is 148 Å². The van der Waals surface area contributed by atoms with Crippen LogP contribution in [0.2, 0.25) is 5.02 Å². The highest BCUT2D eigenvalue weighted by Crippen LogP contribution is 2.25. The molecule has 1 aliphatic heterocycles. The number of nitrogens with zero attached hydrogens (tertiary/aromatic N) is 2. The smallest absolute Gasteiger partial charge is 0.410 e. The average Bonchev–Trinajstić information content (AvgIpc) is 2.63. The van der Waals surface area contributed by atoms with Gasteiger partial charge in [-0.15, -0.1) is 0 Å². The molecule has 1 saturated heterocycles. The highest BCUT2D eigenvalue weighted by atomic mass is 35.5. The summed E-state index contributed by atoms with van der Waals surface area (Å²) in [5, 5.41) is 11.3. The predicted octanol–water partition coefficient (Wildman–Crippen LogP) is 3.82. The first-order valence-electron chi connectivity index (χ1n) is 7.61. The van der Waals surface area contributed by atoms with E-state index < -0.39 is 11.0 Å². The third-order valence-electron chi connectivity index (χ3n) is 3.82. The van der Waals surface area contributed by atoms with Crippen molar-refractivity contribution in [3.8, 4) is 5.75 Å². The zero-order chi connectivity index (χ0) is 17.8. The van der Waals surface area contributed by atoms with E-state index in [-0.39, 0.29) is 17.5 Å². The molecule has 0 radical (unpaired) electrons. The molecule has 7 nitrogen and oxygen atoms in total. The van der Waals surface area contributed by atoms with E-state index in [0.717, 1.165) is 5.56 Å². The number of nitro groups is 1. The maximum absolute atomic E-state index is 12.3. The van der Waals surface area contributed by atoms with Crippen molar-refractivity contribution in [1.82, 2.24) is 4.90 Å². The number of hydrogen-bond acceptors (Lipinski definition) is 5. The minimum atomic E-state index is -0.517. The molecule has 0 N–H and O–H groups in total. The van der Waals surface area contributed by atoms with Gasteiger partial charge < -0.3 is 14.4 Å². The van der Waals surface area contributed by atoms with E-state index in [9.17, 15) is 14.9 Å². The number of carbonyl (C=O) groups excluding carboxylic acids is 1.